The molecule has 1 aliphatic heterocycles. The summed E-state index contributed by atoms with van der Waals surface area (Å²) in [7, 11) is 0. The minimum absolute atomic E-state index is 0.00374. The molecule has 0 radical (unpaired) electrons. The molecule has 4 rings (SSSR count). The highest BCUT2D eigenvalue weighted by Gasteiger charge is 2.77. The molecule has 8 heteroatoms. The molecule has 4 aliphatic rings. The van der Waals surface area contributed by atoms with E-state index in [1.165, 1.54) is 39.8 Å². The van der Waals surface area contributed by atoms with Crippen molar-refractivity contribution in [2.75, 3.05) is 0 Å². The van der Waals surface area contributed by atoms with Gasteiger partial charge >= 0.3 is 5.97 Å². The Bertz CT molecular complexity index is 1160. The van der Waals surface area contributed by atoms with Gasteiger partial charge in [-0.15, -0.1) is 0 Å². The third-order valence-corrected chi connectivity index (χ3v) is 7.95. The van der Waals surface area contributed by atoms with Crippen LogP contribution in [0.1, 0.15) is 54.4 Å². The molecule has 194 valence electrons. The molecule has 3 N–H and O–H groups in total. The quantitative estimate of drug-likeness (QED) is 0.120. The van der Waals surface area contributed by atoms with Crippen molar-refractivity contribution in [3.8, 4) is 0 Å². The fraction of sp³-hybridized carbons (Fsp3) is 0.500. The molecule has 3 saturated carbocycles. The van der Waals surface area contributed by atoms with Crippen LogP contribution in [0.3, 0.4) is 0 Å². The number of carbonyl (C=O) groups is 4. The maximum Gasteiger partial charge on any atom is 0.338 e. The zero-order valence-electron chi connectivity index (χ0n) is 21.5. The van der Waals surface area contributed by atoms with E-state index < -0.39 is 69.2 Å². The van der Waals surface area contributed by atoms with Crippen LogP contribution >= 0.6 is 0 Å². The van der Waals surface area contributed by atoms with Crippen molar-refractivity contribution < 1.29 is 39.2 Å². The zero-order valence-corrected chi connectivity index (χ0v) is 21.5. The monoisotopic (exact) mass is 498 g/mol. The van der Waals surface area contributed by atoms with Crippen LogP contribution in [0.2, 0.25) is 0 Å². The Morgan fingerprint density at radius 1 is 1.08 bits per heavy atom. The summed E-state index contributed by atoms with van der Waals surface area (Å²) in [5.74, 6) is -7.69. The van der Waals surface area contributed by atoms with Crippen LogP contribution in [0, 0.1) is 23.2 Å². The third kappa shape index (κ3) is 3.70. The first-order valence-electron chi connectivity index (χ1n) is 12.0. The summed E-state index contributed by atoms with van der Waals surface area (Å²) in [5.41, 5.74) is -6.38. The summed E-state index contributed by atoms with van der Waals surface area (Å²) in [6.07, 6.45) is 9.98. The van der Waals surface area contributed by atoms with Crippen LogP contribution in [-0.4, -0.2) is 49.8 Å². The Hall–Kier alpha value is -3.26. The van der Waals surface area contributed by atoms with E-state index in [-0.39, 0.29) is 17.6 Å². The van der Waals surface area contributed by atoms with Gasteiger partial charge in [0.05, 0.1) is 5.57 Å². The molecule has 6 atom stereocenters. The number of fused-ring (bicyclic) bond motifs is 3. The topological polar surface area (TPSA) is 138 Å². The highest BCUT2D eigenvalue weighted by molar-refractivity contribution is 6.23. The van der Waals surface area contributed by atoms with Gasteiger partial charge in [0.25, 0.3) is 0 Å². The van der Waals surface area contributed by atoms with E-state index in [1.54, 1.807) is 38.2 Å². The zero-order chi connectivity index (χ0) is 27.2. The Kier molecular flexibility index (Phi) is 7.07. The molecule has 0 spiro atoms. The number of aliphatic hydroxyl groups is 3. The maximum atomic E-state index is 13.9. The number of cyclic esters (lactones) is 1. The number of allylic oxidation sites excluding steroid dienone is 6. The van der Waals surface area contributed by atoms with Crippen molar-refractivity contribution in [3.63, 3.8) is 0 Å². The van der Waals surface area contributed by atoms with E-state index in [2.05, 4.69) is 0 Å². The molecule has 0 saturated heterocycles. The average Bonchev–Trinajstić information content (AvgIpc) is 3.01. The van der Waals surface area contributed by atoms with Gasteiger partial charge in [-0.1, -0.05) is 30.4 Å². The first-order valence-corrected chi connectivity index (χ1v) is 12.0. The van der Waals surface area contributed by atoms with E-state index in [0.29, 0.717) is 6.42 Å². The summed E-state index contributed by atoms with van der Waals surface area (Å²) in [6, 6.07) is 0. The van der Waals surface area contributed by atoms with Gasteiger partial charge in [0.2, 0.25) is 0 Å². The average molecular weight is 499 g/mol. The molecule has 3 aliphatic carbocycles. The Morgan fingerprint density at radius 2 is 1.72 bits per heavy atom. The van der Waals surface area contributed by atoms with Gasteiger partial charge in [-0.25, -0.2) is 4.79 Å². The van der Waals surface area contributed by atoms with Gasteiger partial charge in [0.1, 0.15) is 28.3 Å². The predicted molar refractivity (Wildman–Crippen MR) is 132 cm³/mol. The smallest absolute Gasteiger partial charge is 0.338 e. The van der Waals surface area contributed by atoms with E-state index in [1.807, 2.05) is 0 Å². The lowest BCUT2D eigenvalue weighted by Gasteiger charge is -2.61. The molecule has 3 fully saturated rings. The molecule has 1 heterocycles. The second-order valence-electron chi connectivity index (χ2n) is 10.2. The molecule has 2 bridgehead atoms. The number of esters is 1. The lowest BCUT2D eigenvalue weighted by molar-refractivity contribution is -0.204. The minimum atomic E-state index is -2.20. The van der Waals surface area contributed by atoms with Gasteiger partial charge in [-0.3, -0.25) is 14.4 Å². The second kappa shape index (κ2) is 9.32. The van der Waals surface area contributed by atoms with E-state index in [9.17, 15) is 34.5 Å². The van der Waals surface area contributed by atoms with Crippen molar-refractivity contribution >= 4 is 23.3 Å². The largest absolute Gasteiger partial charge is 0.508 e. The normalized spacial score (nSPS) is 38.2. The van der Waals surface area contributed by atoms with Crippen LogP contribution in [-0.2, 0) is 23.9 Å². The van der Waals surface area contributed by atoms with Crippen LogP contribution < -0.4 is 0 Å². The number of Topliss-reactive ketones (excluding diaryl/α,β-unsaturated/α-hetero) is 3. The van der Waals surface area contributed by atoms with Crippen LogP contribution in [0.25, 0.3) is 0 Å². The van der Waals surface area contributed by atoms with Gasteiger partial charge in [-0.2, -0.15) is 0 Å². The van der Waals surface area contributed by atoms with Gasteiger partial charge in [0, 0.05) is 29.7 Å². The number of ketones is 3. The second-order valence-corrected chi connectivity index (χ2v) is 10.2. The van der Waals surface area contributed by atoms with Crippen molar-refractivity contribution in [1.29, 1.82) is 0 Å². The third-order valence-electron chi connectivity index (χ3n) is 7.95. The van der Waals surface area contributed by atoms with E-state index in [4.69, 9.17) is 4.74 Å². The highest BCUT2D eigenvalue weighted by atomic mass is 16.6. The fourth-order valence-corrected chi connectivity index (χ4v) is 6.18. The minimum Gasteiger partial charge on any atom is -0.508 e. The van der Waals surface area contributed by atoms with Gasteiger partial charge in [-0.05, 0) is 54.0 Å². The first kappa shape index (κ1) is 27.3. The van der Waals surface area contributed by atoms with Crippen molar-refractivity contribution in [3.05, 3.63) is 59.1 Å². The molecule has 0 amide bonds. The van der Waals surface area contributed by atoms with Gasteiger partial charge in [0.15, 0.2) is 17.2 Å². The molecule has 8 nitrogen and oxygen atoms in total. The summed E-state index contributed by atoms with van der Waals surface area (Å²) >= 11 is 0. The molecule has 0 unspecified atom stereocenters. The van der Waals surface area contributed by atoms with Gasteiger partial charge < -0.3 is 20.1 Å². The van der Waals surface area contributed by atoms with Crippen molar-refractivity contribution in [1.82, 2.24) is 0 Å². The fourth-order valence-electron chi connectivity index (χ4n) is 6.18. The number of hydrogen-bond donors (Lipinski definition) is 3. The standard InChI is InChI=1S/C28H34O8/c1-7-9-11-13-16(29)18-20-21(28(6)22(31)15(3)24(33)36-28)19(17(30)14-12-10-8-2)26(4,23(18)32)25(34)27(20,5)35/h7-11,13,19-21,29,31,35H,12,14H2,1-6H3/b9-7+,10-8+,13-11+,18-16?/t19-,20-,21-,26-,27+,28-/m1/s1. The number of carbonyl (C=O) groups excluding carboxylic acids is 4. The summed E-state index contributed by atoms with van der Waals surface area (Å²) < 4.78 is 5.61. The summed E-state index contributed by atoms with van der Waals surface area (Å²) in [4.78, 5) is 53.6. The van der Waals surface area contributed by atoms with Crippen LogP contribution in [0.15, 0.2) is 59.1 Å². The highest BCUT2D eigenvalue weighted by Crippen LogP contribution is 2.64. The Balaban J connectivity index is 2.36. The molecular weight excluding hydrogens is 464 g/mol. The van der Waals surface area contributed by atoms with E-state index in [0.717, 1.165) is 0 Å². The van der Waals surface area contributed by atoms with Crippen LogP contribution in [0.4, 0.5) is 0 Å². The predicted octanol–water partition coefficient (Wildman–Crippen LogP) is 3.78. The number of aliphatic hydroxyl groups excluding tert-OH is 2. The Labute approximate surface area is 210 Å². The summed E-state index contributed by atoms with van der Waals surface area (Å²) in [5, 5.41) is 33.5. The number of hydrogen-bond acceptors (Lipinski definition) is 8. The van der Waals surface area contributed by atoms with Crippen molar-refractivity contribution in [2.24, 2.45) is 23.2 Å². The van der Waals surface area contributed by atoms with Crippen LogP contribution in [0.5, 0.6) is 0 Å². The maximum absolute atomic E-state index is 13.9. The molecular formula is C28H34O8. The molecule has 0 aromatic rings. The lowest BCUT2D eigenvalue weighted by Crippen LogP contribution is -2.75. The lowest BCUT2D eigenvalue weighted by atomic mass is 9.40. The Morgan fingerprint density at radius 3 is 2.25 bits per heavy atom. The van der Waals surface area contributed by atoms with Crippen molar-refractivity contribution in [2.45, 2.75) is 65.6 Å². The van der Waals surface area contributed by atoms with E-state index >= 15 is 0 Å². The summed E-state index contributed by atoms with van der Waals surface area (Å²) in [6.45, 7) is 8.87. The molecule has 0 aromatic heterocycles. The number of rotatable bonds is 7. The first-order chi connectivity index (χ1) is 16.7. The molecule has 0 aromatic carbocycles. The number of ether oxygens (including phenoxy) is 1. The SMILES string of the molecule is C/C=C/C=C/C(O)=C1C(=O)[C@]2(C)C(=O)[C@@](C)(O)[C@H]1[C@H]([C@@]1(C)OC(=O)C(C)=C1O)[C@H]2C(=O)CC/C=C/C. The molecule has 36 heavy (non-hydrogen) atoms.